The highest BCUT2D eigenvalue weighted by atomic mass is 32.2. The zero-order valence-corrected chi connectivity index (χ0v) is 24.6. The minimum absolute atomic E-state index is 0.0332. The van der Waals surface area contributed by atoms with Gasteiger partial charge in [0.25, 0.3) is 11.8 Å². The van der Waals surface area contributed by atoms with E-state index in [4.69, 9.17) is 14.2 Å². The van der Waals surface area contributed by atoms with Crippen LogP contribution in [0.15, 0.2) is 102 Å². The van der Waals surface area contributed by atoms with Crippen molar-refractivity contribution in [2.24, 2.45) is 0 Å². The van der Waals surface area contributed by atoms with Crippen molar-refractivity contribution < 1.29 is 28.6 Å². The van der Waals surface area contributed by atoms with Crippen LogP contribution in [0.4, 0.5) is 11.4 Å². The number of amides is 3. The van der Waals surface area contributed by atoms with E-state index < -0.39 is 11.8 Å². The van der Waals surface area contributed by atoms with Crippen LogP contribution < -0.4 is 30.2 Å². The summed E-state index contributed by atoms with van der Waals surface area (Å²) in [4.78, 5) is 43.7. The van der Waals surface area contributed by atoms with Crippen molar-refractivity contribution in [2.45, 2.75) is 4.90 Å². The van der Waals surface area contributed by atoms with Crippen LogP contribution in [0.25, 0.3) is 6.08 Å². The number of thioether (sulfide) groups is 1. The van der Waals surface area contributed by atoms with Gasteiger partial charge in [0.15, 0.2) is 11.5 Å². The molecule has 11 heteroatoms. The fraction of sp³-hybridized carbons (Fsp3) is 0.125. The van der Waals surface area contributed by atoms with Crippen LogP contribution >= 0.6 is 11.8 Å². The fourth-order valence-electron chi connectivity index (χ4n) is 3.91. The summed E-state index contributed by atoms with van der Waals surface area (Å²) < 4.78 is 16.3. The first kappa shape index (κ1) is 30.7. The van der Waals surface area contributed by atoms with E-state index in [2.05, 4.69) is 20.9 Å². The number of nitrogens with zero attached hydrogens (tertiary/aromatic N) is 1. The summed E-state index contributed by atoms with van der Waals surface area (Å²) in [6, 6.07) is 22.3. The molecule has 0 atom stereocenters. The second-order valence-corrected chi connectivity index (χ2v) is 9.93. The van der Waals surface area contributed by atoms with E-state index in [9.17, 15) is 14.4 Å². The van der Waals surface area contributed by atoms with Crippen molar-refractivity contribution in [1.82, 2.24) is 10.3 Å². The Morgan fingerprint density at radius 2 is 1.47 bits per heavy atom. The number of benzene rings is 3. The molecule has 4 aromatic rings. The molecule has 0 spiro atoms. The van der Waals surface area contributed by atoms with E-state index in [1.54, 1.807) is 85.2 Å². The Morgan fingerprint density at radius 1 is 0.767 bits per heavy atom. The lowest BCUT2D eigenvalue weighted by Crippen LogP contribution is -2.30. The van der Waals surface area contributed by atoms with E-state index in [0.29, 0.717) is 39.8 Å². The molecule has 10 nitrogen and oxygen atoms in total. The zero-order valence-electron chi connectivity index (χ0n) is 23.7. The highest BCUT2D eigenvalue weighted by Crippen LogP contribution is 2.35. The van der Waals surface area contributed by atoms with Gasteiger partial charge in [-0.3, -0.25) is 19.4 Å². The first-order chi connectivity index (χ1) is 20.9. The Balaban J connectivity index is 1.56. The van der Waals surface area contributed by atoms with Gasteiger partial charge in [-0.05, 0) is 54.6 Å². The number of nitrogens with one attached hydrogen (secondary N) is 3. The lowest BCUT2D eigenvalue weighted by atomic mass is 10.1. The molecule has 0 aliphatic heterocycles. The number of ether oxygens (including phenoxy) is 3. The Bertz CT molecular complexity index is 1610. The van der Waals surface area contributed by atoms with Gasteiger partial charge in [0.2, 0.25) is 5.91 Å². The van der Waals surface area contributed by atoms with Crippen LogP contribution in [0.3, 0.4) is 0 Å². The molecule has 0 fully saturated rings. The fourth-order valence-corrected chi connectivity index (χ4v) is 4.66. The maximum Gasteiger partial charge on any atom is 0.272 e. The minimum atomic E-state index is -0.571. The highest BCUT2D eigenvalue weighted by Gasteiger charge is 2.18. The van der Waals surface area contributed by atoms with Crippen LogP contribution in [0.1, 0.15) is 15.9 Å². The summed E-state index contributed by atoms with van der Waals surface area (Å²) in [5, 5.41) is 8.36. The van der Waals surface area contributed by atoms with Gasteiger partial charge < -0.3 is 30.2 Å². The molecule has 0 saturated carbocycles. The van der Waals surface area contributed by atoms with E-state index in [1.807, 2.05) is 6.07 Å². The Labute approximate surface area is 253 Å². The molecule has 43 heavy (non-hydrogen) atoms. The van der Waals surface area contributed by atoms with Crippen LogP contribution in [0.5, 0.6) is 17.2 Å². The molecule has 0 aliphatic rings. The summed E-state index contributed by atoms with van der Waals surface area (Å²) >= 11 is 1.31. The second-order valence-electron chi connectivity index (χ2n) is 8.88. The van der Waals surface area contributed by atoms with Gasteiger partial charge in [0.1, 0.15) is 11.4 Å². The van der Waals surface area contributed by atoms with Gasteiger partial charge in [-0.15, -0.1) is 11.8 Å². The summed E-state index contributed by atoms with van der Waals surface area (Å²) in [6.07, 6.45) is 4.70. The van der Waals surface area contributed by atoms with E-state index in [0.717, 1.165) is 4.90 Å². The standard InChI is InChI=1S/C32H30N4O6S/c1-40-27-19-29(42-3)28(41-2)17-22(27)16-26(36-31(38)21-8-5-4-6-9-21)32(39)35-24-10-7-11-25(18-24)43-20-30(37)34-23-12-14-33-15-13-23/h4-19H,20H2,1-3H3,(H,35,39)(H,36,38)(H,33,34,37)/b26-16+. The third-order valence-electron chi connectivity index (χ3n) is 5.99. The number of hydrogen-bond acceptors (Lipinski definition) is 8. The smallest absolute Gasteiger partial charge is 0.272 e. The Morgan fingerprint density at radius 3 is 2.16 bits per heavy atom. The number of pyridine rings is 1. The summed E-state index contributed by atoms with van der Waals surface area (Å²) in [5.41, 5.74) is 1.95. The molecule has 220 valence electrons. The van der Waals surface area contributed by atoms with Crippen LogP contribution in [0, 0.1) is 0 Å². The van der Waals surface area contributed by atoms with Gasteiger partial charge in [-0.2, -0.15) is 0 Å². The topological polar surface area (TPSA) is 128 Å². The van der Waals surface area contributed by atoms with Gasteiger partial charge in [-0.25, -0.2) is 0 Å². The average molecular weight is 599 g/mol. The monoisotopic (exact) mass is 598 g/mol. The van der Waals surface area contributed by atoms with E-state index in [1.165, 1.54) is 39.2 Å². The second kappa shape index (κ2) is 15.1. The quantitative estimate of drug-likeness (QED) is 0.149. The van der Waals surface area contributed by atoms with Crippen molar-refractivity contribution in [3.05, 3.63) is 108 Å². The summed E-state index contributed by atoms with van der Waals surface area (Å²) in [7, 11) is 4.49. The predicted molar refractivity (Wildman–Crippen MR) is 167 cm³/mol. The number of carbonyl (C=O) groups excluding carboxylic acids is 3. The Hall–Kier alpha value is -5.29. The van der Waals surface area contributed by atoms with Crippen LogP contribution in [-0.4, -0.2) is 49.8 Å². The van der Waals surface area contributed by atoms with Crippen LogP contribution in [0.2, 0.25) is 0 Å². The molecule has 0 saturated heterocycles. The molecule has 1 aromatic heterocycles. The molecule has 0 bridgehead atoms. The third kappa shape index (κ3) is 8.60. The highest BCUT2D eigenvalue weighted by molar-refractivity contribution is 8.00. The lowest BCUT2D eigenvalue weighted by Gasteiger charge is -2.15. The zero-order chi connectivity index (χ0) is 30.6. The molecule has 1 heterocycles. The molecule has 0 aliphatic carbocycles. The average Bonchev–Trinajstić information content (AvgIpc) is 3.04. The van der Waals surface area contributed by atoms with Crippen molar-refractivity contribution in [1.29, 1.82) is 0 Å². The summed E-state index contributed by atoms with van der Waals surface area (Å²) in [6.45, 7) is 0. The first-order valence-corrected chi connectivity index (χ1v) is 14.0. The molecule has 3 aromatic carbocycles. The van der Waals surface area contributed by atoms with Crippen LogP contribution in [-0.2, 0) is 9.59 Å². The van der Waals surface area contributed by atoms with Gasteiger partial charge in [0.05, 0.1) is 27.1 Å². The molecular weight excluding hydrogens is 568 g/mol. The molecule has 3 amide bonds. The SMILES string of the molecule is COc1cc(OC)c(OC)cc1/C=C(/NC(=O)c1ccccc1)C(=O)Nc1cccc(SCC(=O)Nc2ccncc2)c1. The number of methoxy groups -OCH3 is 3. The number of carbonyl (C=O) groups is 3. The van der Waals surface area contributed by atoms with Crippen molar-refractivity contribution >= 4 is 46.9 Å². The van der Waals surface area contributed by atoms with Crippen molar-refractivity contribution in [3.63, 3.8) is 0 Å². The molecule has 0 unspecified atom stereocenters. The Kier molecular flexibility index (Phi) is 10.8. The van der Waals surface area contributed by atoms with E-state index >= 15 is 0 Å². The normalized spacial score (nSPS) is 10.8. The predicted octanol–water partition coefficient (Wildman–Crippen LogP) is 5.25. The largest absolute Gasteiger partial charge is 0.496 e. The van der Waals surface area contributed by atoms with Crippen molar-refractivity contribution in [2.75, 3.05) is 37.7 Å². The third-order valence-corrected chi connectivity index (χ3v) is 6.98. The summed E-state index contributed by atoms with van der Waals surface area (Å²) in [5.74, 6) is 0.214. The number of rotatable bonds is 12. The van der Waals surface area contributed by atoms with Gasteiger partial charge in [0, 0.05) is 45.9 Å². The van der Waals surface area contributed by atoms with Gasteiger partial charge >= 0.3 is 0 Å². The van der Waals surface area contributed by atoms with Crippen molar-refractivity contribution in [3.8, 4) is 17.2 Å². The number of aromatic nitrogens is 1. The molecule has 3 N–H and O–H groups in total. The van der Waals surface area contributed by atoms with Gasteiger partial charge in [-0.1, -0.05) is 24.3 Å². The lowest BCUT2D eigenvalue weighted by molar-refractivity contribution is -0.114. The number of hydrogen-bond donors (Lipinski definition) is 3. The minimum Gasteiger partial charge on any atom is -0.496 e. The maximum absolute atomic E-state index is 13.6. The molecule has 4 rings (SSSR count). The number of anilines is 2. The van der Waals surface area contributed by atoms with E-state index in [-0.39, 0.29) is 17.4 Å². The maximum atomic E-state index is 13.6. The molecule has 0 radical (unpaired) electrons. The first-order valence-electron chi connectivity index (χ1n) is 13.0. The molecular formula is C32H30N4O6S.